The molecule has 0 heterocycles. The van der Waals surface area contributed by atoms with Crippen molar-refractivity contribution in [3.05, 3.63) is 0 Å². The molecule has 0 aromatic rings. The summed E-state index contributed by atoms with van der Waals surface area (Å²) in [5.41, 5.74) is 5.22. The lowest BCUT2D eigenvalue weighted by Gasteiger charge is -2.07. The molecule has 3 N–H and O–H groups in total. The van der Waals surface area contributed by atoms with Crippen LogP contribution in [0.5, 0.6) is 0 Å². The zero-order valence-corrected chi connectivity index (χ0v) is 9.92. The fourth-order valence-corrected chi connectivity index (χ4v) is 1.06. The molecule has 4 heteroatoms. The second-order valence-corrected chi connectivity index (χ2v) is 4.06. The highest BCUT2D eigenvalue weighted by atomic mass is 16.5. The third-order valence-corrected chi connectivity index (χ3v) is 1.81. The standard InChI is InChI=1S/C11H24N2O2/c1-10(2)9-15-8-7-14-6-4-3-5-11(12)13/h10H,3-9H2,1-2H3,(H3,12,13). The van der Waals surface area contributed by atoms with E-state index >= 15 is 0 Å². The van der Waals surface area contributed by atoms with Gasteiger partial charge in [-0.05, 0) is 18.8 Å². The number of rotatable bonds is 10. The average molecular weight is 216 g/mol. The molecule has 0 atom stereocenters. The van der Waals surface area contributed by atoms with Crippen molar-refractivity contribution in [3.8, 4) is 0 Å². The summed E-state index contributed by atoms with van der Waals surface area (Å²) in [5, 5.41) is 7.02. The zero-order valence-electron chi connectivity index (χ0n) is 9.92. The van der Waals surface area contributed by atoms with Crippen LogP contribution in [0.4, 0.5) is 0 Å². The maximum Gasteiger partial charge on any atom is 0.0905 e. The van der Waals surface area contributed by atoms with E-state index < -0.39 is 0 Å². The van der Waals surface area contributed by atoms with E-state index in [4.69, 9.17) is 20.6 Å². The summed E-state index contributed by atoms with van der Waals surface area (Å²) in [4.78, 5) is 0. The maximum absolute atomic E-state index is 7.02. The van der Waals surface area contributed by atoms with Gasteiger partial charge in [0.15, 0.2) is 0 Å². The molecule has 0 aliphatic carbocycles. The monoisotopic (exact) mass is 216 g/mol. The molecule has 0 aromatic carbocycles. The van der Waals surface area contributed by atoms with Crippen molar-refractivity contribution in [1.29, 1.82) is 5.41 Å². The van der Waals surface area contributed by atoms with Gasteiger partial charge in [0, 0.05) is 19.6 Å². The van der Waals surface area contributed by atoms with E-state index in [9.17, 15) is 0 Å². The Labute approximate surface area is 92.6 Å². The van der Waals surface area contributed by atoms with Crippen LogP contribution >= 0.6 is 0 Å². The number of nitrogens with two attached hydrogens (primary N) is 1. The molecule has 0 aliphatic heterocycles. The summed E-state index contributed by atoms with van der Waals surface area (Å²) >= 11 is 0. The maximum atomic E-state index is 7.02. The van der Waals surface area contributed by atoms with Crippen LogP contribution in [0.1, 0.15) is 33.1 Å². The molecule has 0 amide bonds. The van der Waals surface area contributed by atoms with Crippen LogP contribution in [0.15, 0.2) is 0 Å². The van der Waals surface area contributed by atoms with Crippen molar-refractivity contribution in [2.24, 2.45) is 11.7 Å². The van der Waals surface area contributed by atoms with Crippen molar-refractivity contribution < 1.29 is 9.47 Å². The summed E-state index contributed by atoms with van der Waals surface area (Å²) in [6, 6.07) is 0. The lowest BCUT2D eigenvalue weighted by molar-refractivity contribution is 0.0368. The lowest BCUT2D eigenvalue weighted by Crippen LogP contribution is -2.10. The van der Waals surface area contributed by atoms with Crippen LogP contribution in [0.3, 0.4) is 0 Å². The third kappa shape index (κ3) is 13.4. The Kier molecular flexibility index (Phi) is 9.52. The number of unbranched alkanes of at least 4 members (excludes halogenated alkanes) is 1. The quantitative estimate of drug-likeness (QED) is 0.332. The van der Waals surface area contributed by atoms with Crippen LogP contribution < -0.4 is 5.73 Å². The van der Waals surface area contributed by atoms with Gasteiger partial charge in [-0.15, -0.1) is 0 Å². The van der Waals surface area contributed by atoms with Crippen molar-refractivity contribution >= 4 is 5.84 Å². The van der Waals surface area contributed by atoms with Crippen molar-refractivity contribution in [2.45, 2.75) is 33.1 Å². The Balaban J connectivity index is 2.96. The van der Waals surface area contributed by atoms with Gasteiger partial charge in [-0.1, -0.05) is 13.8 Å². The highest BCUT2D eigenvalue weighted by molar-refractivity contribution is 5.76. The molecule has 0 saturated carbocycles. The van der Waals surface area contributed by atoms with Gasteiger partial charge in [-0.3, -0.25) is 5.41 Å². The van der Waals surface area contributed by atoms with Gasteiger partial charge >= 0.3 is 0 Å². The topological polar surface area (TPSA) is 68.3 Å². The van der Waals surface area contributed by atoms with Gasteiger partial charge in [-0.25, -0.2) is 0 Å². The van der Waals surface area contributed by atoms with E-state index in [1.54, 1.807) is 0 Å². The predicted octanol–water partition coefficient (Wildman–Crippen LogP) is 1.78. The summed E-state index contributed by atoms with van der Waals surface area (Å²) in [5.74, 6) is 0.843. The van der Waals surface area contributed by atoms with Gasteiger partial charge in [-0.2, -0.15) is 0 Å². The van der Waals surface area contributed by atoms with Gasteiger partial charge in [0.1, 0.15) is 0 Å². The number of ether oxygens (including phenoxy) is 2. The second kappa shape index (κ2) is 9.93. The second-order valence-electron chi connectivity index (χ2n) is 4.06. The Morgan fingerprint density at radius 3 is 2.40 bits per heavy atom. The average Bonchev–Trinajstić information content (AvgIpc) is 2.14. The molecule has 15 heavy (non-hydrogen) atoms. The Bertz CT molecular complexity index is 161. The molecule has 90 valence electrons. The summed E-state index contributed by atoms with van der Waals surface area (Å²) in [7, 11) is 0. The lowest BCUT2D eigenvalue weighted by atomic mass is 10.2. The first-order valence-corrected chi connectivity index (χ1v) is 5.61. The van der Waals surface area contributed by atoms with Crippen LogP contribution in [0.2, 0.25) is 0 Å². The van der Waals surface area contributed by atoms with Crippen LogP contribution in [0.25, 0.3) is 0 Å². The molecule has 4 nitrogen and oxygen atoms in total. The van der Waals surface area contributed by atoms with Gasteiger partial charge < -0.3 is 15.2 Å². The molecule has 0 bridgehead atoms. The van der Waals surface area contributed by atoms with Crippen molar-refractivity contribution in [2.75, 3.05) is 26.4 Å². The SMILES string of the molecule is CC(C)COCCOCCCCC(=N)N. The third-order valence-electron chi connectivity index (χ3n) is 1.81. The minimum absolute atomic E-state index is 0.260. The number of amidine groups is 1. The molecule has 0 fully saturated rings. The van der Waals surface area contributed by atoms with E-state index in [2.05, 4.69) is 13.8 Å². The molecule has 0 saturated heterocycles. The molecule has 0 aromatic heterocycles. The van der Waals surface area contributed by atoms with Crippen LogP contribution in [-0.2, 0) is 9.47 Å². The van der Waals surface area contributed by atoms with E-state index in [0.717, 1.165) is 26.1 Å². The van der Waals surface area contributed by atoms with Crippen molar-refractivity contribution in [3.63, 3.8) is 0 Å². The van der Waals surface area contributed by atoms with Crippen LogP contribution in [0, 0.1) is 11.3 Å². The summed E-state index contributed by atoms with van der Waals surface area (Å²) in [6.07, 6.45) is 2.57. The first-order chi connectivity index (χ1) is 7.13. The van der Waals surface area contributed by atoms with Gasteiger partial charge in [0.2, 0.25) is 0 Å². The molecule has 0 rings (SSSR count). The van der Waals surface area contributed by atoms with E-state index in [1.165, 1.54) is 0 Å². The molecular formula is C11H24N2O2. The Morgan fingerprint density at radius 2 is 1.80 bits per heavy atom. The van der Waals surface area contributed by atoms with E-state index in [-0.39, 0.29) is 5.84 Å². The molecule has 0 spiro atoms. The molecule has 0 radical (unpaired) electrons. The van der Waals surface area contributed by atoms with E-state index in [1.807, 2.05) is 0 Å². The largest absolute Gasteiger partial charge is 0.388 e. The van der Waals surface area contributed by atoms with Crippen molar-refractivity contribution in [1.82, 2.24) is 0 Å². The van der Waals surface area contributed by atoms with E-state index in [0.29, 0.717) is 25.6 Å². The number of nitrogens with one attached hydrogen (secondary N) is 1. The molecule has 0 aliphatic rings. The minimum atomic E-state index is 0.260. The fraction of sp³-hybridized carbons (Fsp3) is 0.909. The summed E-state index contributed by atoms with van der Waals surface area (Å²) < 4.78 is 10.7. The van der Waals surface area contributed by atoms with Gasteiger partial charge in [0.05, 0.1) is 19.0 Å². The fourth-order valence-electron chi connectivity index (χ4n) is 1.06. The smallest absolute Gasteiger partial charge is 0.0905 e. The highest BCUT2D eigenvalue weighted by Crippen LogP contribution is 1.95. The minimum Gasteiger partial charge on any atom is -0.388 e. The zero-order chi connectivity index (χ0) is 11.5. The first-order valence-electron chi connectivity index (χ1n) is 5.61. The Hall–Kier alpha value is -0.610. The van der Waals surface area contributed by atoms with Crippen LogP contribution in [-0.4, -0.2) is 32.3 Å². The Morgan fingerprint density at radius 1 is 1.13 bits per heavy atom. The summed E-state index contributed by atoms with van der Waals surface area (Å²) in [6.45, 7) is 7.12. The highest BCUT2D eigenvalue weighted by Gasteiger charge is 1.94. The molecular weight excluding hydrogens is 192 g/mol. The predicted molar refractivity (Wildman–Crippen MR) is 62.2 cm³/mol. The number of hydrogen-bond donors (Lipinski definition) is 2. The first kappa shape index (κ1) is 14.4. The number of hydrogen-bond acceptors (Lipinski definition) is 3. The molecule has 0 unspecified atom stereocenters. The van der Waals surface area contributed by atoms with Gasteiger partial charge in [0.25, 0.3) is 0 Å². The normalized spacial score (nSPS) is 10.9.